The monoisotopic (exact) mass is 220 g/mol. The number of hydrogen-bond donors (Lipinski definition) is 2. The summed E-state index contributed by atoms with van der Waals surface area (Å²) in [6, 6.07) is 7.96. The summed E-state index contributed by atoms with van der Waals surface area (Å²) in [7, 11) is 1.96. The van der Waals surface area contributed by atoms with Crippen LogP contribution in [0.25, 0.3) is 0 Å². The number of carbonyl (C=O) groups is 1. The fourth-order valence-corrected chi connectivity index (χ4v) is 1.51. The Bertz CT molecular complexity index is 355. The molecule has 1 aromatic rings. The third kappa shape index (κ3) is 4.03. The van der Waals surface area contributed by atoms with E-state index >= 15 is 0 Å². The van der Waals surface area contributed by atoms with Gasteiger partial charge in [-0.1, -0.05) is 12.1 Å². The first-order valence-corrected chi connectivity index (χ1v) is 5.48. The van der Waals surface area contributed by atoms with Gasteiger partial charge in [-0.2, -0.15) is 0 Å². The van der Waals surface area contributed by atoms with Gasteiger partial charge in [-0.15, -0.1) is 0 Å². The standard InChI is InChI=1S/C13H20N2O/c1-10(16)15-12-7-5-11(6-8-12)9-13(2,3)14-4/h5-8,14H,9H2,1-4H3,(H,15,16). The van der Waals surface area contributed by atoms with Gasteiger partial charge < -0.3 is 10.6 Å². The van der Waals surface area contributed by atoms with Crippen LogP contribution in [-0.4, -0.2) is 18.5 Å². The molecule has 0 spiro atoms. The highest BCUT2D eigenvalue weighted by atomic mass is 16.1. The lowest BCUT2D eigenvalue weighted by molar-refractivity contribution is -0.114. The number of hydrogen-bond acceptors (Lipinski definition) is 2. The van der Waals surface area contributed by atoms with Crippen molar-refractivity contribution in [1.82, 2.24) is 5.32 Å². The lowest BCUT2D eigenvalue weighted by Crippen LogP contribution is -2.38. The molecular formula is C13H20N2O. The van der Waals surface area contributed by atoms with E-state index in [9.17, 15) is 4.79 Å². The van der Waals surface area contributed by atoms with Gasteiger partial charge in [0.15, 0.2) is 0 Å². The first-order chi connectivity index (χ1) is 7.43. The van der Waals surface area contributed by atoms with E-state index in [2.05, 4.69) is 24.5 Å². The first kappa shape index (κ1) is 12.7. The van der Waals surface area contributed by atoms with Crippen LogP contribution in [-0.2, 0) is 11.2 Å². The van der Waals surface area contributed by atoms with Crippen LogP contribution in [0.15, 0.2) is 24.3 Å². The van der Waals surface area contributed by atoms with Gasteiger partial charge in [0.05, 0.1) is 0 Å². The fourth-order valence-electron chi connectivity index (χ4n) is 1.51. The van der Waals surface area contributed by atoms with Crippen molar-refractivity contribution in [3.05, 3.63) is 29.8 Å². The Morgan fingerprint density at radius 2 is 1.81 bits per heavy atom. The van der Waals surface area contributed by atoms with E-state index in [1.54, 1.807) is 0 Å². The minimum absolute atomic E-state index is 0.0386. The number of nitrogens with one attached hydrogen (secondary N) is 2. The highest BCUT2D eigenvalue weighted by molar-refractivity contribution is 5.88. The molecule has 1 aromatic carbocycles. The zero-order valence-corrected chi connectivity index (χ0v) is 10.4. The number of likely N-dealkylation sites (N-methyl/N-ethyl adjacent to an activating group) is 1. The Kier molecular flexibility index (Phi) is 4.07. The van der Waals surface area contributed by atoms with E-state index in [4.69, 9.17) is 0 Å². The van der Waals surface area contributed by atoms with Gasteiger partial charge >= 0.3 is 0 Å². The SMILES string of the molecule is CNC(C)(C)Cc1ccc(NC(C)=O)cc1. The van der Waals surface area contributed by atoms with Crippen molar-refractivity contribution in [3.63, 3.8) is 0 Å². The zero-order valence-electron chi connectivity index (χ0n) is 10.4. The maximum atomic E-state index is 10.9. The first-order valence-electron chi connectivity index (χ1n) is 5.48. The molecule has 1 amide bonds. The molecule has 1 rings (SSSR count). The fraction of sp³-hybridized carbons (Fsp3) is 0.462. The lowest BCUT2D eigenvalue weighted by atomic mass is 9.95. The van der Waals surface area contributed by atoms with Gasteiger partial charge in [-0.3, -0.25) is 4.79 Å². The number of benzene rings is 1. The Morgan fingerprint density at radius 3 is 2.25 bits per heavy atom. The smallest absolute Gasteiger partial charge is 0.221 e. The van der Waals surface area contributed by atoms with Gasteiger partial charge in [-0.25, -0.2) is 0 Å². The summed E-state index contributed by atoms with van der Waals surface area (Å²) in [5.74, 6) is -0.0386. The van der Waals surface area contributed by atoms with Crippen molar-refractivity contribution < 1.29 is 4.79 Å². The van der Waals surface area contributed by atoms with Crippen LogP contribution in [0.2, 0.25) is 0 Å². The predicted molar refractivity (Wildman–Crippen MR) is 67.6 cm³/mol. The Labute approximate surface area is 97.2 Å². The quantitative estimate of drug-likeness (QED) is 0.816. The summed E-state index contributed by atoms with van der Waals surface area (Å²) in [5, 5.41) is 6.02. The second-order valence-electron chi connectivity index (χ2n) is 4.69. The molecule has 0 unspecified atom stereocenters. The largest absolute Gasteiger partial charge is 0.326 e. The molecule has 88 valence electrons. The van der Waals surface area contributed by atoms with Crippen LogP contribution in [0.1, 0.15) is 26.3 Å². The molecule has 2 N–H and O–H groups in total. The number of anilines is 1. The Balaban J connectivity index is 2.68. The maximum Gasteiger partial charge on any atom is 0.221 e. The van der Waals surface area contributed by atoms with Crippen molar-refractivity contribution >= 4 is 11.6 Å². The second-order valence-corrected chi connectivity index (χ2v) is 4.69. The van der Waals surface area contributed by atoms with Crippen LogP contribution in [0.5, 0.6) is 0 Å². The van der Waals surface area contributed by atoms with E-state index in [0.717, 1.165) is 12.1 Å². The van der Waals surface area contributed by atoms with Crippen LogP contribution in [0.3, 0.4) is 0 Å². The van der Waals surface area contributed by atoms with Gasteiger partial charge in [0.25, 0.3) is 0 Å². The summed E-state index contributed by atoms with van der Waals surface area (Å²) < 4.78 is 0. The minimum atomic E-state index is -0.0386. The Hall–Kier alpha value is -1.35. The zero-order chi connectivity index (χ0) is 12.2. The van der Waals surface area contributed by atoms with Crippen LogP contribution >= 0.6 is 0 Å². The summed E-state index contributed by atoms with van der Waals surface area (Å²) in [6.07, 6.45) is 0.962. The third-order valence-electron chi connectivity index (χ3n) is 2.60. The second kappa shape index (κ2) is 5.12. The van der Waals surface area contributed by atoms with Crippen molar-refractivity contribution in [2.45, 2.75) is 32.7 Å². The molecule has 16 heavy (non-hydrogen) atoms. The summed E-state index contributed by atoms with van der Waals surface area (Å²) in [4.78, 5) is 10.9. The maximum absolute atomic E-state index is 10.9. The topological polar surface area (TPSA) is 41.1 Å². The number of rotatable bonds is 4. The average molecular weight is 220 g/mol. The van der Waals surface area contributed by atoms with Crippen molar-refractivity contribution in [2.75, 3.05) is 12.4 Å². The number of carbonyl (C=O) groups excluding carboxylic acids is 1. The van der Waals surface area contributed by atoms with Crippen molar-refractivity contribution in [3.8, 4) is 0 Å². The molecule has 0 aliphatic rings. The van der Waals surface area contributed by atoms with Gasteiger partial charge in [0.1, 0.15) is 0 Å². The minimum Gasteiger partial charge on any atom is -0.326 e. The van der Waals surface area contributed by atoms with Crippen LogP contribution < -0.4 is 10.6 Å². The summed E-state index contributed by atoms with van der Waals surface area (Å²) in [6.45, 7) is 5.83. The molecule has 3 heteroatoms. The summed E-state index contributed by atoms with van der Waals surface area (Å²) >= 11 is 0. The average Bonchev–Trinajstić information content (AvgIpc) is 2.20. The normalized spacial score (nSPS) is 11.2. The molecule has 0 fully saturated rings. The van der Waals surface area contributed by atoms with E-state index in [0.29, 0.717) is 0 Å². The molecule has 0 aliphatic heterocycles. The predicted octanol–water partition coefficient (Wildman–Crippen LogP) is 2.19. The van der Waals surface area contributed by atoms with Crippen LogP contribution in [0, 0.1) is 0 Å². The molecule has 0 radical (unpaired) electrons. The summed E-state index contributed by atoms with van der Waals surface area (Å²) in [5.41, 5.74) is 2.20. The van der Waals surface area contributed by atoms with E-state index in [1.807, 2.05) is 31.3 Å². The van der Waals surface area contributed by atoms with Gasteiger partial charge in [0, 0.05) is 18.2 Å². The third-order valence-corrected chi connectivity index (χ3v) is 2.60. The highest BCUT2D eigenvalue weighted by Gasteiger charge is 2.14. The van der Waals surface area contributed by atoms with Gasteiger partial charge in [0.2, 0.25) is 5.91 Å². The molecule has 0 aliphatic carbocycles. The number of amides is 1. The van der Waals surface area contributed by atoms with Crippen molar-refractivity contribution in [1.29, 1.82) is 0 Å². The highest BCUT2D eigenvalue weighted by Crippen LogP contribution is 2.15. The van der Waals surface area contributed by atoms with Gasteiger partial charge in [-0.05, 0) is 45.0 Å². The molecule has 3 nitrogen and oxygen atoms in total. The molecule has 0 bridgehead atoms. The molecule has 0 saturated carbocycles. The lowest BCUT2D eigenvalue weighted by Gasteiger charge is -2.24. The molecular weight excluding hydrogens is 200 g/mol. The molecule has 0 saturated heterocycles. The van der Waals surface area contributed by atoms with Crippen molar-refractivity contribution in [2.24, 2.45) is 0 Å². The van der Waals surface area contributed by atoms with Crippen LogP contribution in [0.4, 0.5) is 5.69 Å². The van der Waals surface area contributed by atoms with E-state index < -0.39 is 0 Å². The molecule has 0 atom stereocenters. The molecule has 0 heterocycles. The Morgan fingerprint density at radius 1 is 1.25 bits per heavy atom. The molecule has 0 aromatic heterocycles. The van der Waals surface area contributed by atoms with E-state index in [1.165, 1.54) is 12.5 Å². The van der Waals surface area contributed by atoms with E-state index in [-0.39, 0.29) is 11.4 Å².